The van der Waals surface area contributed by atoms with Gasteiger partial charge < -0.3 is 4.74 Å². The Hall–Kier alpha value is -1.02. The van der Waals surface area contributed by atoms with Crippen LogP contribution in [0.25, 0.3) is 0 Å². The van der Waals surface area contributed by atoms with Crippen molar-refractivity contribution in [3.8, 4) is 5.75 Å². The van der Waals surface area contributed by atoms with Crippen LogP contribution in [0.3, 0.4) is 0 Å². The van der Waals surface area contributed by atoms with Gasteiger partial charge in [0.25, 0.3) is 0 Å². The van der Waals surface area contributed by atoms with Gasteiger partial charge in [0.2, 0.25) is 5.24 Å². The first-order valence-electron chi connectivity index (χ1n) is 10.1. The van der Waals surface area contributed by atoms with Gasteiger partial charge in [-0.3, -0.25) is 4.79 Å². The summed E-state index contributed by atoms with van der Waals surface area (Å²) < 4.78 is 5.86. The number of hydrogen-bond donors (Lipinski definition) is 0. The van der Waals surface area contributed by atoms with Gasteiger partial charge in [-0.1, -0.05) is 57.6 Å². The molecule has 0 atom stereocenters. The van der Waals surface area contributed by atoms with E-state index in [1.54, 1.807) is 0 Å². The Labute approximate surface area is 158 Å². The number of ether oxygens (including phenoxy) is 1. The minimum absolute atomic E-state index is 0.0718. The second kappa shape index (κ2) is 11.6. The van der Waals surface area contributed by atoms with Crippen molar-refractivity contribution in [1.82, 2.24) is 0 Å². The standard InChI is InChI=1S/C22H33ClO2/c1-2-3-4-5-6-7-8-17-25-21-15-13-19(14-16-21)18-9-11-20(12-10-18)22(23)24/h13-16,18,20H,2-12,17H2,1H3/t18-,20-. The van der Waals surface area contributed by atoms with Crippen LogP contribution in [0.5, 0.6) is 5.75 Å². The SMILES string of the molecule is CCCCCCCCCOc1ccc([C@H]2CC[C@H](C(=O)Cl)CC2)cc1. The lowest BCUT2D eigenvalue weighted by atomic mass is 9.79. The first-order chi connectivity index (χ1) is 12.2. The third kappa shape index (κ3) is 7.40. The van der Waals surface area contributed by atoms with Gasteiger partial charge in [0.1, 0.15) is 5.75 Å². The molecular formula is C22H33ClO2. The Morgan fingerprint density at radius 2 is 1.56 bits per heavy atom. The van der Waals surface area contributed by atoms with Crippen molar-refractivity contribution in [3.63, 3.8) is 0 Å². The van der Waals surface area contributed by atoms with E-state index in [9.17, 15) is 4.79 Å². The fraction of sp³-hybridized carbons (Fsp3) is 0.682. The van der Waals surface area contributed by atoms with Crippen LogP contribution in [-0.4, -0.2) is 11.8 Å². The van der Waals surface area contributed by atoms with Gasteiger partial charge in [0.05, 0.1) is 6.61 Å². The van der Waals surface area contributed by atoms with E-state index in [0.29, 0.717) is 5.92 Å². The van der Waals surface area contributed by atoms with E-state index in [4.69, 9.17) is 16.3 Å². The van der Waals surface area contributed by atoms with E-state index in [-0.39, 0.29) is 11.2 Å². The highest BCUT2D eigenvalue weighted by molar-refractivity contribution is 6.63. The molecule has 0 spiro atoms. The molecular weight excluding hydrogens is 332 g/mol. The molecule has 1 saturated carbocycles. The van der Waals surface area contributed by atoms with Gasteiger partial charge in [0.15, 0.2) is 0 Å². The summed E-state index contributed by atoms with van der Waals surface area (Å²) in [5.41, 5.74) is 1.36. The quantitative estimate of drug-likeness (QED) is 0.317. The smallest absolute Gasteiger partial charge is 0.224 e. The van der Waals surface area contributed by atoms with E-state index in [0.717, 1.165) is 44.5 Å². The molecule has 25 heavy (non-hydrogen) atoms. The van der Waals surface area contributed by atoms with E-state index < -0.39 is 0 Å². The van der Waals surface area contributed by atoms with E-state index in [2.05, 4.69) is 31.2 Å². The van der Waals surface area contributed by atoms with Gasteiger partial charge in [-0.05, 0) is 67.3 Å². The molecule has 0 heterocycles. The average molecular weight is 365 g/mol. The molecule has 140 valence electrons. The molecule has 0 radical (unpaired) electrons. The molecule has 1 aromatic carbocycles. The monoisotopic (exact) mass is 364 g/mol. The van der Waals surface area contributed by atoms with Gasteiger partial charge in [-0.15, -0.1) is 0 Å². The second-order valence-corrected chi connectivity index (χ2v) is 7.76. The predicted molar refractivity (Wildman–Crippen MR) is 105 cm³/mol. The Bertz CT molecular complexity index is 489. The minimum Gasteiger partial charge on any atom is -0.494 e. The molecule has 0 amide bonds. The van der Waals surface area contributed by atoms with Gasteiger partial charge >= 0.3 is 0 Å². The molecule has 1 aliphatic carbocycles. The van der Waals surface area contributed by atoms with Crippen molar-refractivity contribution in [1.29, 1.82) is 0 Å². The summed E-state index contributed by atoms with van der Waals surface area (Å²) in [6.07, 6.45) is 13.1. The lowest BCUT2D eigenvalue weighted by Gasteiger charge is -2.26. The molecule has 0 unspecified atom stereocenters. The maximum Gasteiger partial charge on any atom is 0.224 e. The third-order valence-corrected chi connectivity index (χ3v) is 5.72. The second-order valence-electron chi connectivity index (χ2n) is 7.39. The van der Waals surface area contributed by atoms with Crippen molar-refractivity contribution < 1.29 is 9.53 Å². The molecule has 1 aromatic rings. The number of unbranched alkanes of at least 4 members (excludes halogenated alkanes) is 6. The molecule has 2 nitrogen and oxygen atoms in total. The molecule has 1 fully saturated rings. The largest absolute Gasteiger partial charge is 0.494 e. The van der Waals surface area contributed by atoms with Crippen LogP contribution in [-0.2, 0) is 4.79 Å². The number of rotatable bonds is 11. The number of hydrogen-bond acceptors (Lipinski definition) is 2. The topological polar surface area (TPSA) is 26.3 Å². The van der Waals surface area contributed by atoms with Crippen LogP contribution in [0.15, 0.2) is 24.3 Å². The maximum atomic E-state index is 11.2. The van der Waals surface area contributed by atoms with Gasteiger partial charge in [0, 0.05) is 5.92 Å². The van der Waals surface area contributed by atoms with Crippen LogP contribution in [0, 0.1) is 5.92 Å². The Morgan fingerprint density at radius 1 is 0.960 bits per heavy atom. The number of carbonyl (C=O) groups is 1. The molecule has 0 bridgehead atoms. The lowest BCUT2D eigenvalue weighted by Crippen LogP contribution is -2.17. The summed E-state index contributed by atoms with van der Waals surface area (Å²) in [5.74, 6) is 1.60. The van der Waals surface area contributed by atoms with E-state index in [1.807, 2.05) is 0 Å². The molecule has 0 saturated heterocycles. The minimum atomic E-state index is -0.160. The summed E-state index contributed by atoms with van der Waals surface area (Å²) in [6.45, 7) is 3.07. The van der Waals surface area contributed by atoms with Crippen molar-refractivity contribution in [2.75, 3.05) is 6.61 Å². The average Bonchev–Trinajstić information content (AvgIpc) is 2.64. The zero-order valence-electron chi connectivity index (χ0n) is 15.6. The normalized spacial score (nSPS) is 20.4. The molecule has 0 aliphatic heterocycles. The third-order valence-electron chi connectivity index (χ3n) is 5.42. The maximum absolute atomic E-state index is 11.2. The molecule has 3 heteroatoms. The van der Waals surface area contributed by atoms with Crippen LogP contribution >= 0.6 is 11.6 Å². The van der Waals surface area contributed by atoms with Crippen molar-refractivity contribution in [3.05, 3.63) is 29.8 Å². The molecule has 2 rings (SSSR count). The van der Waals surface area contributed by atoms with Crippen LogP contribution in [0.4, 0.5) is 0 Å². The highest BCUT2D eigenvalue weighted by atomic mass is 35.5. The predicted octanol–water partition coefficient (Wildman–Crippen LogP) is 6.86. The summed E-state index contributed by atoms with van der Waals surface area (Å²) in [4.78, 5) is 11.2. The highest BCUT2D eigenvalue weighted by Gasteiger charge is 2.25. The molecule has 1 aliphatic rings. The molecule has 0 N–H and O–H groups in total. The first-order valence-corrected chi connectivity index (χ1v) is 10.5. The first kappa shape index (κ1) is 20.3. The summed E-state index contributed by atoms with van der Waals surface area (Å²) in [5, 5.41) is -0.160. The number of benzene rings is 1. The Kier molecular flexibility index (Phi) is 9.39. The number of halogens is 1. The lowest BCUT2D eigenvalue weighted by molar-refractivity contribution is -0.116. The number of carbonyl (C=O) groups excluding carboxylic acids is 1. The van der Waals surface area contributed by atoms with E-state index >= 15 is 0 Å². The van der Waals surface area contributed by atoms with Crippen molar-refractivity contribution in [2.24, 2.45) is 5.92 Å². The van der Waals surface area contributed by atoms with Gasteiger partial charge in [-0.25, -0.2) is 0 Å². The molecule has 0 aromatic heterocycles. The fourth-order valence-corrected chi connectivity index (χ4v) is 3.96. The summed E-state index contributed by atoms with van der Waals surface area (Å²) in [7, 11) is 0. The van der Waals surface area contributed by atoms with Gasteiger partial charge in [-0.2, -0.15) is 0 Å². The van der Waals surface area contributed by atoms with Crippen molar-refractivity contribution >= 4 is 16.8 Å². The van der Waals surface area contributed by atoms with Crippen LogP contribution < -0.4 is 4.74 Å². The summed E-state index contributed by atoms with van der Waals surface area (Å²) >= 11 is 5.62. The van der Waals surface area contributed by atoms with Crippen molar-refractivity contribution in [2.45, 2.75) is 83.5 Å². The Morgan fingerprint density at radius 3 is 2.16 bits per heavy atom. The van der Waals surface area contributed by atoms with E-state index in [1.165, 1.54) is 44.1 Å². The zero-order valence-corrected chi connectivity index (χ0v) is 16.4. The summed E-state index contributed by atoms with van der Waals surface area (Å²) in [6, 6.07) is 8.56. The Balaban J connectivity index is 1.62. The highest BCUT2D eigenvalue weighted by Crippen LogP contribution is 2.37. The fourth-order valence-electron chi connectivity index (χ4n) is 3.74. The van der Waals surface area contributed by atoms with Crippen LogP contribution in [0.2, 0.25) is 0 Å². The zero-order chi connectivity index (χ0) is 17.9. The van der Waals surface area contributed by atoms with Crippen LogP contribution in [0.1, 0.15) is 89.0 Å².